The summed E-state index contributed by atoms with van der Waals surface area (Å²) < 4.78 is 7.04. The standard InChI is InChI=1S/C18H18N6O3/c25-13-2-6-24(18(26)22-13)15(10-3-7-27-8-4-10)17-21-12-9-20-16-11(1-5-19-16)14(12)23-17/h1-2,5-6,9-10,15H,3-4,7-8H2,(H,19,20)(H,21,23)(H,22,25,26). The molecular formula is C18H18N6O3. The molecule has 1 aliphatic heterocycles. The highest BCUT2D eigenvalue weighted by Gasteiger charge is 2.30. The third-order valence-corrected chi connectivity index (χ3v) is 5.20. The lowest BCUT2D eigenvalue weighted by atomic mass is 9.91. The fourth-order valence-corrected chi connectivity index (χ4v) is 3.89. The van der Waals surface area contributed by atoms with Crippen LogP contribution in [0.15, 0.2) is 40.3 Å². The minimum Gasteiger partial charge on any atom is -0.381 e. The van der Waals surface area contributed by atoms with E-state index in [2.05, 4.69) is 19.9 Å². The first kappa shape index (κ1) is 16.0. The van der Waals surface area contributed by atoms with Crippen LogP contribution in [-0.4, -0.2) is 42.7 Å². The van der Waals surface area contributed by atoms with Crippen LogP contribution in [-0.2, 0) is 4.74 Å². The van der Waals surface area contributed by atoms with Gasteiger partial charge in [0, 0.05) is 37.1 Å². The number of rotatable bonds is 3. The zero-order valence-corrected chi connectivity index (χ0v) is 14.4. The highest BCUT2D eigenvalue weighted by molar-refractivity contribution is 6.00. The Morgan fingerprint density at radius 2 is 2.04 bits per heavy atom. The highest BCUT2D eigenvalue weighted by atomic mass is 16.5. The van der Waals surface area contributed by atoms with Gasteiger partial charge in [0.25, 0.3) is 5.56 Å². The topological polar surface area (TPSA) is 121 Å². The van der Waals surface area contributed by atoms with Gasteiger partial charge in [0.1, 0.15) is 17.0 Å². The monoisotopic (exact) mass is 366 g/mol. The van der Waals surface area contributed by atoms with Crippen molar-refractivity contribution in [3.8, 4) is 0 Å². The second kappa shape index (κ2) is 6.20. The van der Waals surface area contributed by atoms with E-state index < -0.39 is 11.2 Å². The summed E-state index contributed by atoms with van der Waals surface area (Å²) in [4.78, 5) is 42.0. The van der Waals surface area contributed by atoms with Gasteiger partial charge < -0.3 is 14.7 Å². The maximum absolute atomic E-state index is 12.5. The molecule has 0 aromatic carbocycles. The lowest BCUT2D eigenvalue weighted by molar-refractivity contribution is 0.0526. The molecule has 4 aromatic rings. The minimum absolute atomic E-state index is 0.164. The average molecular weight is 366 g/mol. The van der Waals surface area contributed by atoms with Crippen LogP contribution in [0.2, 0.25) is 0 Å². The van der Waals surface area contributed by atoms with E-state index in [-0.39, 0.29) is 12.0 Å². The summed E-state index contributed by atoms with van der Waals surface area (Å²) in [6.07, 6.45) is 6.73. The molecule has 3 N–H and O–H groups in total. The van der Waals surface area contributed by atoms with E-state index in [0.717, 1.165) is 34.9 Å². The highest BCUT2D eigenvalue weighted by Crippen LogP contribution is 2.33. The molecule has 0 aliphatic carbocycles. The average Bonchev–Trinajstić information content (AvgIpc) is 3.30. The van der Waals surface area contributed by atoms with Crippen LogP contribution in [0.5, 0.6) is 0 Å². The smallest absolute Gasteiger partial charge is 0.329 e. The molecule has 0 amide bonds. The van der Waals surface area contributed by atoms with Crippen LogP contribution < -0.4 is 11.2 Å². The first-order valence-corrected chi connectivity index (χ1v) is 8.91. The molecule has 0 saturated carbocycles. The summed E-state index contributed by atoms with van der Waals surface area (Å²) >= 11 is 0. The lowest BCUT2D eigenvalue weighted by Gasteiger charge is -2.30. The molecule has 1 atom stereocenters. The number of aromatic amines is 3. The molecular weight excluding hydrogens is 348 g/mol. The molecule has 1 saturated heterocycles. The normalized spacial score (nSPS) is 16.9. The number of fused-ring (bicyclic) bond motifs is 3. The molecule has 1 fully saturated rings. The molecule has 1 unspecified atom stereocenters. The van der Waals surface area contributed by atoms with Crippen LogP contribution in [0.4, 0.5) is 0 Å². The molecule has 0 bridgehead atoms. The largest absolute Gasteiger partial charge is 0.381 e. The van der Waals surface area contributed by atoms with Gasteiger partial charge >= 0.3 is 5.69 Å². The Labute approximate surface area is 152 Å². The maximum Gasteiger partial charge on any atom is 0.329 e. The SMILES string of the molecule is O=c1ccn(C(c2nc3c(cnc4[nH]ccc43)[nH]2)C2CCOCC2)c(=O)[nH]1. The van der Waals surface area contributed by atoms with Gasteiger partial charge in [0.2, 0.25) is 0 Å². The van der Waals surface area contributed by atoms with Crippen molar-refractivity contribution in [2.45, 2.75) is 18.9 Å². The maximum atomic E-state index is 12.5. The fraction of sp³-hybridized carbons (Fsp3) is 0.333. The predicted octanol–water partition coefficient (Wildman–Crippen LogP) is 1.31. The van der Waals surface area contributed by atoms with E-state index in [0.29, 0.717) is 19.0 Å². The number of ether oxygens (including phenoxy) is 1. The molecule has 4 aromatic heterocycles. The summed E-state index contributed by atoms with van der Waals surface area (Å²) in [5, 5.41) is 0.926. The predicted molar refractivity (Wildman–Crippen MR) is 98.8 cm³/mol. The van der Waals surface area contributed by atoms with Crippen LogP contribution in [0.1, 0.15) is 24.7 Å². The number of H-pyrrole nitrogens is 3. The molecule has 5 rings (SSSR count). The van der Waals surface area contributed by atoms with Crippen molar-refractivity contribution in [2.24, 2.45) is 5.92 Å². The van der Waals surface area contributed by atoms with Gasteiger partial charge in [-0.05, 0) is 24.8 Å². The second-order valence-corrected chi connectivity index (χ2v) is 6.79. The molecule has 138 valence electrons. The summed E-state index contributed by atoms with van der Waals surface area (Å²) in [5.41, 5.74) is 1.54. The molecule has 9 heteroatoms. The number of hydrogen-bond donors (Lipinski definition) is 3. The van der Waals surface area contributed by atoms with Gasteiger partial charge in [-0.3, -0.25) is 14.3 Å². The van der Waals surface area contributed by atoms with Crippen molar-refractivity contribution in [3.63, 3.8) is 0 Å². The quantitative estimate of drug-likeness (QED) is 0.505. The van der Waals surface area contributed by atoms with Gasteiger partial charge in [0.15, 0.2) is 0 Å². The van der Waals surface area contributed by atoms with Crippen molar-refractivity contribution in [1.82, 2.24) is 29.5 Å². The molecule has 5 heterocycles. The molecule has 0 radical (unpaired) electrons. The minimum atomic E-state index is -0.440. The fourth-order valence-electron chi connectivity index (χ4n) is 3.89. The third kappa shape index (κ3) is 2.67. The number of nitrogens with zero attached hydrogens (tertiary/aromatic N) is 3. The van der Waals surface area contributed by atoms with Gasteiger partial charge in [-0.1, -0.05) is 0 Å². The number of nitrogens with one attached hydrogen (secondary N) is 3. The van der Waals surface area contributed by atoms with E-state index in [9.17, 15) is 9.59 Å². The van der Waals surface area contributed by atoms with E-state index in [1.54, 1.807) is 17.0 Å². The lowest BCUT2D eigenvalue weighted by Crippen LogP contribution is -2.37. The van der Waals surface area contributed by atoms with Crippen LogP contribution in [0.25, 0.3) is 22.1 Å². The van der Waals surface area contributed by atoms with Crippen molar-refractivity contribution in [2.75, 3.05) is 13.2 Å². The van der Waals surface area contributed by atoms with Gasteiger partial charge in [0.05, 0.1) is 17.8 Å². The summed E-state index contributed by atoms with van der Waals surface area (Å²) in [6, 6.07) is 2.98. The van der Waals surface area contributed by atoms with Gasteiger partial charge in [-0.2, -0.15) is 0 Å². The Morgan fingerprint density at radius 3 is 2.85 bits per heavy atom. The van der Waals surface area contributed by atoms with Crippen LogP contribution >= 0.6 is 0 Å². The number of hydrogen-bond acceptors (Lipinski definition) is 5. The zero-order chi connectivity index (χ0) is 18.4. The number of aromatic nitrogens is 6. The Balaban J connectivity index is 1.70. The van der Waals surface area contributed by atoms with E-state index in [1.165, 1.54) is 6.07 Å². The molecule has 1 aliphatic rings. The Kier molecular flexibility index (Phi) is 3.68. The first-order valence-electron chi connectivity index (χ1n) is 8.91. The molecule has 0 spiro atoms. The van der Waals surface area contributed by atoms with E-state index in [1.807, 2.05) is 12.3 Å². The van der Waals surface area contributed by atoms with Crippen LogP contribution in [0, 0.1) is 5.92 Å². The Morgan fingerprint density at radius 1 is 1.19 bits per heavy atom. The van der Waals surface area contributed by atoms with Crippen molar-refractivity contribution < 1.29 is 4.74 Å². The second-order valence-electron chi connectivity index (χ2n) is 6.79. The van der Waals surface area contributed by atoms with Crippen molar-refractivity contribution in [1.29, 1.82) is 0 Å². The Bertz CT molecular complexity index is 1230. The van der Waals surface area contributed by atoms with E-state index >= 15 is 0 Å². The molecule has 27 heavy (non-hydrogen) atoms. The van der Waals surface area contributed by atoms with E-state index in [4.69, 9.17) is 9.72 Å². The van der Waals surface area contributed by atoms with Crippen LogP contribution in [0.3, 0.4) is 0 Å². The first-order chi connectivity index (χ1) is 13.2. The van der Waals surface area contributed by atoms with Crippen molar-refractivity contribution in [3.05, 3.63) is 57.4 Å². The third-order valence-electron chi connectivity index (χ3n) is 5.20. The zero-order valence-electron chi connectivity index (χ0n) is 14.4. The van der Waals surface area contributed by atoms with Gasteiger partial charge in [-0.15, -0.1) is 0 Å². The van der Waals surface area contributed by atoms with Crippen molar-refractivity contribution >= 4 is 22.1 Å². The summed E-state index contributed by atoms with van der Waals surface area (Å²) in [6.45, 7) is 1.28. The molecule has 9 nitrogen and oxygen atoms in total. The number of pyridine rings is 1. The van der Waals surface area contributed by atoms with Gasteiger partial charge in [-0.25, -0.2) is 14.8 Å². The summed E-state index contributed by atoms with van der Waals surface area (Å²) in [5.74, 6) is 0.846. The Hall–Kier alpha value is -3.20. The summed E-state index contributed by atoms with van der Waals surface area (Å²) in [7, 11) is 0. The number of imidazole rings is 1.